The fourth-order valence-corrected chi connectivity index (χ4v) is 3.63. The normalized spacial score (nSPS) is 14.9. The Morgan fingerprint density at radius 2 is 2.18 bits per heavy atom. The molecule has 1 aromatic rings. The van der Waals surface area contributed by atoms with Gasteiger partial charge in [0.15, 0.2) is 8.68 Å². The van der Waals surface area contributed by atoms with Crippen molar-refractivity contribution in [1.29, 1.82) is 0 Å². The van der Waals surface area contributed by atoms with Crippen LogP contribution in [0, 0.1) is 0 Å². The minimum Gasteiger partial charge on any atom is -0.232 e. The maximum Gasteiger partial charge on any atom is 0.390 e. The summed E-state index contributed by atoms with van der Waals surface area (Å²) in [4.78, 5) is 3.51. The third kappa shape index (κ3) is 4.78. The van der Waals surface area contributed by atoms with Crippen LogP contribution >= 0.6 is 22.9 Å². The molecule has 1 heterocycles. The van der Waals surface area contributed by atoms with E-state index >= 15 is 0 Å². The first-order valence-corrected chi connectivity index (χ1v) is 6.98. The molecule has 1 unspecified atom stereocenters. The summed E-state index contributed by atoms with van der Waals surface area (Å²) in [6.45, 7) is 1.13. The largest absolute Gasteiger partial charge is 0.390 e. The molecule has 98 valence electrons. The first-order chi connectivity index (χ1) is 7.60. The molecule has 0 spiro atoms. The molecule has 0 saturated heterocycles. The Labute approximate surface area is 105 Å². The Kier molecular flexibility index (Phi) is 4.39. The highest BCUT2D eigenvalue weighted by atomic mass is 35.5. The number of hydrogen-bond acceptors (Lipinski definition) is 4. The maximum absolute atomic E-state index is 12.0. The second-order valence-electron chi connectivity index (χ2n) is 3.27. The third-order valence-electron chi connectivity index (χ3n) is 1.62. The van der Waals surface area contributed by atoms with E-state index in [4.69, 9.17) is 11.6 Å². The van der Waals surface area contributed by atoms with Crippen molar-refractivity contribution in [2.75, 3.05) is 0 Å². The van der Waals surface area contributed by atoms with E-state index in [0.29, 0.717) is 11.3 Å². The SMILES string of the molecule is CC(CC(F)(F)F)NS(=O)(=O)c1cnc(Cl)s1. The maximum atomic E-state index is 12.0. The predicted molar refractivity (Wildman–Crippen MR) is 57.6 cm³/mol. The quantitative estimate of drug-likeness (QED) is 0.929. The molecule has 1 N–H and O–H groups in total. The second-order valence-corrected chi connectivity index (χ2v) is 6.83. The zero-order valence-electron chi connectivity index (χ0n) is 8.45. The van der Waals surface area contributed by atoms with Gasteiger partial charge in [0.1, 0.15) is 0 Å². The van der Waals surface area contributed by atoms with Gasteiger partial charge < -0.3 is 0 Å². The van der Waals surface area contributed by atoms with E-state index in [1.165, 1.54) is 0 Å². The summed E-state index contributed by atoms with van der Waals surface area (Å²) in [5.41, 5.74) is 0. The van der Waals surface area contributed by atoms with Gasteiger partial charge in [0.25, 0.3) is 10.0 Å². The Hall–Kier alpha value is -0.380. The molecule has 0 bridgehead atoms. The monoisotopic (exact) mass is 308 g/mol. The standard InChI is InChI=1S/C7H8ClF3N2O2S2/c1-4(2-7(9,10)11)13-17(14,15)5-3-12-6(8)16-5/h3-4,13H,2H2,1H3. The number of alkyl halides is 3. The number of rotatable bonds is 4. The molecule has 10 heteroatoms. The summed E-state index contributed by atoms with van der Waals surface area (Å²) in [5.74, 6) is 0. The lowest BCUT2D eigenvalue weighted by molar-refractivity contribution is -0.137. The zero-order valence-corrected chi connectivity index (χ0v) is 10.8. The van der Waals surface area contributed by atoms with Gasteiger partial charge in [-0.05, 0) is 6.92 Å². The van der Waals surface area contributed by atoms with Crippen molar-refractivity contribution in [2.45, 2.75) is 29.8 Å². The van der Waals surface area contributed by atoms with E-state index < -0.39 is 28.7 Å². The highest BCUT2D eigenvalue weighted by molar-refractivity contribution is 7.91. The molecular formula is C7H8ClF3N2O2S2. The predicted octanol–water partition coefficient (Wildman–Crippen LogP) is 2.42. The van der Waals surface area contributed by atoms with Crippen molar-refractivity contribution in [2.24, 2.45) is 0 Å². The van der Waals surface area contributed by atoms with Gasteiger partial charge in [-0.1, -0.05) is 22.9 Å². The Bertz CT molecular complexity index is 486. The molecule has 1 rings (SSSR count). The fourth-order valence-electron chi connectivity index (χ4n) is 1.08. The van der Waals surface area contributed by atoms with Crippen LogP contribution < -0.4 is 4.72 Å². The molecule has 4 nitrogen and oxygen atoms in total. The molecular weight excluding hydrogens is 301 g/mol. The van der Waals surface area contributed by atoms with E-state index in [2.05, 4.69) is 4.98 Å². The van der Waals surface area contributed by atoms with Crippen molar-refractivity contribution >= 4 is 33.0 Å². The number of nitrogens with one attached hydrogen (secondary N) is 1. The Balaban J connectivity index is 2.74. The molecule has 0 saturated carbocycles. The molecule has 1 atom stereocenters. The van der Waals surface area contributed by atoms with Gasteiger partial charge in [-0.3, -0.25) is 0 Å². The average Bonchev–Trinajstić information content (AvgIpc) is 2.46. The van der Waals surface area contributed by atoms with Crippen LogP contribution in [-0.4, -0.2) is 25.6 Å². The van der Waals surface area contributed by atoms with Crippen LogP contribution in [0.1, 0.15) is 13.3 Å². The van der Waals surface area contributed by atoms with E-state index in [1.54, 1.807) is 0 Å². The summed E-state index contributed by atoms with van der Waals surface area (Å²) >= 11 is 6.12. The first-order valence-electron chi connectivity index (χ1n) is 4.30. The molecule has 1 aromatic heterocycles. The van der Waals surface area contributed by atoms with Gasteiger partial charge in [0, 0.05) is 6.04 Å². The van der Waals surface area contributed by atoms with Crippen molar-refractivity contribution in [1.82, 2.24) is 9.71 Å². The molecule has 17 heavy (non-hydrogen) atoms. The van der Waals surface area contributed by atoms with E-state index in [1.807, 2.05) is 4.72 Å². The van der Waals surface area contributed by atoms with Crippen LogP contribution in [0.3, 0.4) is 0 Å². The van der Waals surface area contributed by atoms with Gasteiger partial charge in [0.05, 0.1) is 12.6 Å². The number of hydrogen-bond donors (Lipinski definition) is 1. The lowest BCUT2D eigenvalue weighted by Gasteiger charge is -2.14. The summed E-state index contributed by atoms with van der Waals surface area (Å²) in [6, 6.07) is -1.25. The van der Waals surface area contributed by atoms with Crippen LogP contribution in [-0.2, 0) is 10.0 Å². The number of nitrogens with zero attached hydrogens (tertiary/aromatic N) is 1. The molecule has 0 aliphatic carbocycles. The van der Waals surface area contributed by atoms with Crippen LogP contribution in [0.4, 0.5) is 13.2 Å². The van der Waals surface area contributed by atoms with Crippen molar-refractivity contribution in [3.8, 4) is 0 Å². The first kappa shape index (κ1) is 14.7. The van der Waals surface area contributed by atoms with Crippen LogP contribution in [0.5, 0.6) is 0 Å². The number of aromatic nitrogens is 1. The summed E-state index contributed by atoms with van der Waals surface area (Å²) in [5, 5.41) is 0. The van der Waals surface area contributed by atoms with Gasteiger partial charge in [-0.2, -0.15) is 13.2 Å². The lowest BCUT2D eigenvalue weighted by atomic mass is 10.2. The van der Waals surface area contributed by atoms with Crippen molar-refractivity contribution < 1.29 is 21.6 Å². The second kappa shape index (κ2) is 5.09. The number of sulfonamides is 1. The molecule has 0 aliphatic rings. The zero-order chi connectivity index (χ0) is 13.3. The van der Waals surface area contributed by atoms with Crippen LogP contribution in [0.2, 0.25) is 4.47 Å². The topological polar surface area (TPSA) is 59.1 Å². The highest BCUT2D eigenvalue weighted by Crippen LogP contribution is 2.25. The average molecular weight is 309 g/mol. The van der Waals surface area contributed by atoms with Gasteiger partial charge in [-0.15, -0.1) is 0 Å². The van der Waals surface area contributed by atoms with Gasteiger partial charge in [-0.25, -0.2) is 18.1 Å². The lowest BCUT2D eigenvalue weighted by Crippen LogP contribution is -2.35. The summed E-state index contributed by atoms with van der Waals surface area (Å²) in [6.07, 6.45) is -4.66. The van der Waals surface area contributed by atoms with Crippen molar-refractivity contribution in [3.63, 3.8) is 0 Å². The minimum absolute atomic E-state index is 0.00819. The van der Waals surface area contributed by atoms with Crippen LogP contribution in [0.25, 0.3) is 0 Å². The van der Waals surface area contributed by atoms with Crippen molar-refractivity contribution in [3.05, 3.63) is 10.7 Å². The minimum atomic E-state index is -4.42. The molecule has 0 radical (unpaired) electrons. The number of halogens is 4. The molecule has 0 aromatic carbocycles. The van der Waals surface area contributed by atoms with E-state index in [-0.39, 0.29) is 8.68 Å². The van der Waals surface area contributed by atoms with E-state index in [0.717, 1.165) is 13.1 Å². The molecule has 0 amide bonds. The van der Waals surface area contributed by atoms with Gasteiger partial charge in [0.2, 0.25) is 0 Å². The fraction of sp³-hybridized carbons (Fsp3) is 0.571. The highest BCUT2D eigenvalue weighted by Gasteiger charge is 2.32. The smallest absolute Gasteiger partial charge is 0.232 e. The molecule has 0 aliphatic heterocycles. The van der Waals surface area contributed by atoms with Gasteiger partial charge >= 0.3 is 6.18 Å². The number of thiazole rings is 1. The third-order valence-corrected chi connectivity index (χ3v) is 4.78. The van der Waals surface area contributed by atoms with Crippen LogP contribution in [0.15, 0.2) is 10.4 Å². The Morgan fingerprint density at radius 1 is 1.59 bits per heavy atom. The van der Waals surface area contributed by atoms with E-state index in [9.17, 15) is 21.6 Å². The Morgan fingerprint density at radius 3 is 2.59 bits per heavy atom. The molecule has 0 fully saturated rings. The summed E-state index contributed by atoms with van der Waals surface area (Å²) < 4.78 is 60.9. The summed E-state index contributed by atoms with van der Waals surface area (Å²) in [7, 11) is -3.99.